The van der Waals surface area contributed by atoms with Crippen molar-refractivity contribution in [2.75, 3.05) is 0 Å². The topological polar surface area (TPSA) is 23.8 Å². The Morgan fingerprint density at radius 3 is 2.17 bits per heavy atom. The minimum Gasteiger partial charge on any atom is -0.197 e. The highest BCUT2D eigenvalue weighted by Crippen LogP contribution is 2.24. The maximum Gasteiger partial charge on any atom is 0.0760 e. The number of hydrogen-bond acceptors (Lipinski definition) is 1. The summed E-state index contributed by atoms with van der Waals surface area (Å²) in [6.45, 7) is 13.1. The van der Waals surface area contributed by atoms with Crippen LogP contribution in [0.2, 0.25) is 0 Å². The van der Waals surface area contributed by atoms with Gasteiger partial charge in [0.1, 0.15) is 0 Å². The van der Waals surface area contributed by atoms with Crippen LogP contribution >= 0.6 is 0 Å². The van der Waals surface area contributed by atoms with Crippen LogP contribution in [-0.2, 0) is 0 Å². The zero-order chi connectivity index (χ0) is 9.78. The van der Waals surface area contributed by atoms with Gasteiger partial charge in [-0.15, -0.1) is 0 Å². The van der Waals surface area contributed by atoms with Gasteiger partial charge in [-0.2, -0.15) is 5.26 Å². The second-order valence-corrected chi connectivity index (χ2v) is 3.44. The minimum atomic E-state index is -0.480. The fourth-order valence-corrected chi connectivity index (χ4v) is 0.523. The summed E-state index contributed by atoms with van der Waals surface area (Å²) in [5.74, 6) is 0. The largest absolute Gasteiger partial charge is 0.197 e. The lowest BCUT2D eigenvalue weighted by Gasteiger charge is -2.14. The van der Waals surface area contributed by atoms with Crippen molar-refractivity contribution >= 4 is 0 Å². The summed E-state index contributed by atoms with van der Waals surface area (Å²) in [4.78, 5) is 0. The van der Waals surface area contributed by atoms with E-state index in [-0.39, 0.29) is 0 Å². The van der Waals surface area contributed by atoms with Gasteiger partial charge in [0.15, 0.2) is 0 Å². The molecule has 0 aliphatic heterocycles. The van der Waals surface area contributed by atoms with Crippen molar-refractivity contribution in [2.45, 2.75) is 20.8 Å². The SMILES string of the molecule is C=C(C)/C=C\C(=C)C(C)(C)C#N. The zero-order valence-electron chi connectivity index (χ0n) is 8.02. The summed E-state index contributed by atoms with van der Waals surface area (Å²) in [5.41, 5.74) is 1.30. The molecule has 0 fully saturated rings. The number of hydrogen-bond donors (Lipinski definition) is 0. The van der Waals surface area contributed by atoms with Gasteiger partial charge in [0.2, 0.25) is 0 Å². The highest BCUT2D eigenvalue weighted by Gasteiger charge is 2.18. The molecule has 0 unspecified atom stereocenters. The lowest BCUT2D eigenvalue weighted by atomic mass is 9.86. The first kappa shape index (κ1) is 10.7. The molecule has 1 heteroatoms. The summed E-state index contributed by atoms with van der Waals surface area (Å²) >= 11 is 0. The third kappa shape index (κ3) is 3.21. The summed E-state index contributed by atoms with van der Waals surface area (Å²) in [5, 5.41) is 8.76. The van der Waals surface area contributed by atoms with E-state index in [0.29, 0.717) is 0 Å². The van der Waals surface area contributed by atoms with Crippen LogP contribution < -0.4 is 0 Å². The molecule has 0 radical (unpaired) electrons. The van der Waals surface area contributed by atoms with E-state index < -0.39 is 5.41 Å². The maximum atomic E-state index is 8.76. The molecule has 0 aliphatic carbocycles. The molecule has 0 aliphatic rings. The van der Waals surface area contributed by atoms with Crippen LogP contribution in [0.5, 0.6) is 0 Å². The van der Waals surface area contributed by atoms with E-state index in [1.54, 1.807) is 0 Å². The average Bonchev–Trinajstić information content (AvgIpc) is 2.00. The first-order valence-corrected chi connectivity index (χ1v) is 3.84. The molecular weight excluding hydrogens is 146 g/mol. The van der Waals surface area contributed by atoms with Crippen LogP contribution in [0.25, 0.3) is 0 Å². The van der Waals surface area contributed by atoms with Crippen molar-refractivity contribution in [1.29, 1.82) is 5.26 Å². The zero-order valence-corrected chi connectivity index (χ0v) is 8.02. The van der Waals surface area contributed by atoms with Crippen molar-refractivity contribution in [3.05, 3.63) is 36.5 Å². The molecule has 0 aromatic carbocycles. The Kier molecular flexibility index (Phi) is 3.50. The second-order valence-electron chi connectivity index (χ2n) is 3.44. The Morgan fingerprint density at radius 2 is 1.83 bits per heavy atom. The third-order valence-electron chi connectivity index (χ3n) is 1.65. The monoisotopic (exact) mass is 161 g/mol. The minimum absolute atomic E-state index is 0.480. The van der Waals surface area contributed by atoms with Gasteiger partial charge in [-0.1, -0.05) is 30.9 Å². The summed E-state index contributed by atoms with van der Waals surface area (Å²) < 4.78 is 0. The molecular formula is C11H15N. The van der Waals surface area contributed by atoms with Crippen molar-refractivity contribution in [1.82, 2.24) is 0 Å². The maximum absolute atomic E-state index is 8.76. The van der Waals surface area contributed by atoms with E-state index in [2.05, 4.69) is 19.2 Å². The number of allylic oxidation sites excluding steroid dienone is 4. The predicted octanol–water partition coefficient (Wildman–Crippen LogP) is 3.22. The fraction of sp³-hybridized carbons (Fsp3) is 0.364. The Hall–Kier alpha value is -1.29. The molecule has 0 atom stereocenters. The van der Waals surface area contributed by atoms with Crippen LogP contribution in [0.3, 0.4) is 0 Å². The normalized spacial score (nSPS) is 11.2. The van der Waals surface area contributed by atoms with E-state index in [4.69, 9.17) is 5.26 Å². The van der Waals surface area contributed by atoms with Crippen molar-refractivity contribution in [2.24, 2.45) is 5.41 Å². The van der Waals surface area contributed by atoms with E-state index in [1.807, 2.05) is 32.9 Å². The molecule has 0 N–H and O–H groups in total. The van der Waals surface area contributed by atoms with Crippen LogP contribution in [0.4, 0.5) is 0 Å². The Morgan fingerprint density at radius 1 is 1.33 bits per heavy atom. The Balaban J connectivity index is 4.45. The summed E-state index contributed by atoms with van der Waals surface area (Å²) in [6.07, 6.45) is 3.70. The highest BCUT2D eigenvalue weighted by atomic mass is 14.3. The van der Waals surface area contributed by atoms with Crippen LogP contribution in [0.15, 0.2) is 36.5 Å². The van der Waals surface area contributed by atoms with Crippen LogP contribution in [-0.4, -0.2) is 0 Å². The molecule has 0 saturated heterocycles. The van der Waals surface area contributed by atoms with Gasteiger partial charge in [-0.05, 0) is 26.3 Å². The van der Waals surface area contributed by atoms with Crippen molar-refractivity contribution < 1.29 is 0 Å². The number of nitriles is 1. The average molecular weight is 161 g/mol. The second kappa shape index (κ2) is 3.92. The van der Waals surface area contributed by atoms with Gasteiger partial charge >= 0.3 is 0 Å². The summed E-state index contributed by atoms with van der Waals surface area (Å²) in [6, 6.07) is 2.18. The number of nitrogens with zero attached hydrogens (tertiary/aromatic N) is 1. The third-order valence-corrected chi connectivity index (χ3v) is 1.65. The van der Waals surface area contributed by atoms with E-state index in [9.17, 15) is 0 Å². The molecule has 0 spiro atoms. The Bertz CT molecular complexity index is 261. The van der Waals surface area contributed by atoms with Gasteiger partial charge in [0.25, 0.3) is 0 Å². The molecule has 0 aromatic heterocycles. The first-order chi connectivity index (χ1) is 5.40. The molecule has 0 bridgehead atoms. The standard InChI is InChI=1S/C11H15N/c1-9(2)6-7-10(3)11(4,5)8-12/h6-7H,1,3H2,2,4-5H3/b7-6-. The molecule has 0 rings (SSSR count). The molecule has 12 heavy (non-hydrogen) atoms. The lowest BCUT2D eigenvalue weighted by molar-refractivity contribution is 0.615. The van der Waals surface area contributed by atoms with Crippen LogP contribution in [0, 0.1) is 16.7 Å². The lowest BCUT2D eigenvalue weighted by Crippen LogP contribution is -2.08. The Labute approximate surface area is 74.7 Å². The predicted molar refractivity (Wildman–Crippen MR) is 52.5 cm³/mol. The fourth-order valence-electron chi connectivity index (χ4n) is 0.523. The van der Waals surface area contributed by atoms with Crippen molar-refractivity contribution in [3.63, 3.8) is 0 Å². The van der Waals surface area contributed by atoms with Gasteiger partial charge in [0.05, 0.1) is 11.5 Å². The van der Waals surface area contributed by atoms with E-state index in [1.165, 1.54) is 0 Å². The smallest absolute Gasteiger partial charge is 0.0760 e. The molecule has 0 aromatic rings. The highest BCUT2D eigenvalue weighted by molar-refractivity contribution is 5.31. The van der Waals surface area contributed by atoms with Gasteiger partial charge < -0.3 is 0 Å². The quantitative estimate of drug-likeness (QED) is 0.583. The molecule has 0 saturated carbocycles. The molecule has 0 heterocycles. The van der Waals surface area contributed by atoms with E-state index in [0.717, 1.165) is 11.1 Å². The molecule has 64 valence electrons. The van der Waals surface area contributed by atoms with E-state index >= 15 is 0 Å². The molecule has 0 amide bonds. The van der Waals surface area contributed by atoms with Crippen LogP contribution in [0.1, 0.15) is 20.8 Å². The first-order valence-electron chi connectivity index (χ1n) is 3.84. The van der Waals surface area contributed by atoms with Gasteiger partial charge in [-0.25, -0.2) is 0 Å². The summed E-state index contributed by atoms with van der Waals surface area (Å²) in [7, 11) is 0. The number of rotatable bonds is 3. The molecule has 1 nitrogen and oxygen atoms in total. The van der Waals surface area contributed by atoms with Gasteiger partial charge in [-0.3, -0.25) is 0 Å². The van der Waals surface area contributed by atoms with Crippen molar-refractivity contribution in [3.8, 4) is 6.07 Å². The van der Waals surface area contributed by atoms with Gasteiger partial charge in [0, 0.05) is 0 Å².